The summed E-state index contributed by atoms with van der Waals surface area (Å²) in [5, 5.41) is 9.41. The predicted molar refractivity (Wildman–Crippen MR) is 50.7 cm³/mol. The van der Waals surface area contributed by atoms with Crippen LogP contribution in [0.25, 0.3) is 0 Å². The molecule has 0 aromatic carbocycles. The molecule has 15 heavy (non-hydrogen) atoms. The van der Waals surface area contributed by atoms with Crippen molar-refractivity contribution >= 4 is 0 Å². The highest BCUT2D eigenvalue weighted by atomic mass is 19.4. The molecule has 0 aromatic heterocycles. The molecule has 0 bridgehead atoms. The molecular formula is C9H18F3NO2. The van der Waals surface area contributed by atoms with Crippen LogP contribution < -0.4 is 0 Å². The predicted octanol–water partition coefficient (Wildman–Crippen LogP) is 1.27. The maximum atomic E-state index is 11.7. The lowest BCUT2D eigenvalue weighted by Gasteiger charge is -2.25. The van der Waals surface area contributed by atoms with E-state index < -0.39 is 18.4 Å². The van der Waals surface area contributed by atoms with E-state index in [9.17, 15) is 18.3 Å². The van der Waals surface area contributed by atoms with E-state index in [4.69, 9.17) is 0 Å². The Balaban J connectivity index is 3.52. The summed E-state index contributed by atoms with van der Waals surface area (Å²) in [4.78, 5) is 1.72. The molecule has 0 atom stereocenters. The van der Waals surface area contributed by atoms with Gasteiger partial charge in [-0.2, -0.15) is 13.2 Å². The first kappa shape index (κ1) is 14.7. The molecule has 0 amide bonds. The van der Waals surface area contributed by atoms with E-state index >= 15 is 0 Å². The van der Waals surface area contributed by atoms with E-state index in [-0.39, 0.29) is 6.61 Å². The molecular weight excluding hydrogens is 211 g/mol. The summed E-state index contributed by atoms with van der Waals surface area (Å²) in [5.74, 6) is 0. The number of likely N-dealkylation sites (N-methyl/N-ethyl adjacent to an activating group) is 1. The minimum absolute atomic E-state index is 0.00604. The number of aliphatic hydroxyl groups is 1. The zero-order chi connectivity index (χ0) is 12.1. The Kier molecular flexibility index (Phi) is 5.55. The highest BCUT2D eigenvalue weighted by molar-refractivity contribution is 4.69. The Hall–Kier alpha value is -0.330. The fourth-order valence-corrected chi connectivity index (χ4v) is 1.15. The summed E-state index contributed by atoms with van der Waals surface area (Å²) in [6.07, 6.45) is -4.27. The van der Waals surface area contributed by atoms with Gasteiger partial charge in [0, 0.05) is 13.1 Å². The first-order valence-electron chi connectivity index (χ1n) is 4.65. The molecule has 0 aliphatic rings. The lowest BCUT2D eigenvalue weighted by atomic mass is 10.1. The Morgan fingerprint density at radius 1 is 1.27 bits per heavy atom. The van der Waals surface area contributed by atoms with Crippen LogP contribution in [0.2, 0.25) is 0 Å². The second-order valence-corrected chi connectivity index (χ2v) is 4.22. The second-order valence-electron chi connectivity index (χ2n) is 4.22. The molecule has 0 aromatic rings. The van der Waals surface area contributed by atoms with Crippen LogP contribution in [0.1, 0.15) is 13.8 Å². The standard InChI is InChI=1S/C9H18F3NO2/c1-8(2,14)6-13(3)4-5-15-7-9(10,11)12/h14H,4-7H2,1-3H3. The van der Waals surface area contributed by atoms with E-state index in [2.05, 4.69) is 4.74 Å². The van der Waals surface area contributed by atoms with E-state index in [0.717, 1.165) is 0 Å². The second kappa shape index (κ2) is 5.67. The number of nitrogens with zero attached hydrogens (tertiary/aromatic N) is 1. The molecule has 0 saturated heterocycles. The molecule has 0 aliphatic heterocycles. The Morgan fingerprint density at radius 2 is 1.80 bits per heavy atom. The van der Waals surface area contributed by atoms with Gasteiger partial charge < -0.3 is 14.7 Å². The topological polar surface area (TPSA) is 32.7 Å². The van der Waals surface area contributed by atoms with Gasteiger partial charge in [0.2, 0.25) is 0 Å². The summed E-state index contributed by atoms with van der Waals surface area (Å²) < 4.78 is 39.5. The van der Waals surface area contributed by atoms with Gasteiger partial charge >= 0.3 is 6.18 Å². The van der Waals surface area contributed by atoms with Gasteiger partial charge in [-0.1, -0.05) is 0 Å². The van der Waals surface area contributed by atoms with Crippen LogP contribution in [0.4, 0.5) is 13.2 Å². The minimum atomic E-state index is -4.27. The van der Waals surface area contributed by atoms with E-state index in [0.29, 0.717) is 13.1 Å². The first-order chi connectivity index (χ1) is 6.60. The molecule has 1 N–H and O–H groups in total. The summed E-state index contributed by atoms with van der Waals surface area (Å²) in [6.45, 7) is 2.82. The third-order valence-electron chi connectivity index (χ3n) is 1.54. The van der Waals surface area contributed by atoms with Crippen molar-refractivity contribution in [3.8, 4) is 0 Å². The summed E-state index contributed by atoms with van der Waals surface area (Å²) in [7, 11) is 1.72. The number of ether oxygens (including phenoxy) is 1. The molecule has 0 aliphatic carbocycles. The van der Waals surface area contributed by atoms with Gasteiger partial charge in [-0.25, -0.2) is 0 Å². The number of hydrogen-bond acceptors (Lipinski definition) is 3. The minimum Gasteiger partial charge on any atom is -0.389 e. The van der Waals surface area contributed by atoms with Gasteiger partial charge in [0.05, 0.1) is 12.2 Å². The van der Waals surface area contributed by atoms with Crippen LogP contribution in [0.5, 0.6) is 0 Å². The largest absolute Gasteiger partial charge is 0.411 e. The summed E-state index contributed by atoms with van der Waals surface area (Å²) in [6, 6.07) is 0. The quantitative estimate of drug-likeness (QED) is 0.696. The van der Waals surface area contributed by atoms with Crippen molar-refractivity contribution in [3.63, 3.8) is 0 Å². The van der Waals surface area contributed by atoms with Crippen molar-refractivity contribution in [3.05, 3.63) is 0 Å². The average Bonchev–Trinajstić information content (AvgIpc) is 1.92. The van der Waals surface area contributed by atoms with Crippen molar-refractivity contribution in [1.29, 1.82) is 0 Å². The van der Waals surface area contributed by atoms with Crippen molar-refractivity contribution in [2.24, 2.45) is 0 Å². The molecule has 0 spiro atoms. The highest BCUT2D eigenvalue weighted by Crippen LogP contribution is 2.14. The SMILES string of the molecule is CN(CCOCC(F)(F)F)CC(C)(C)O. The molecule has 0 saturated carbocycles. The number of hydrogen-bond donors (Lipinski definition) is 1. The van der Waals surface area contributed by atoms with Gasteiger partial charge in [-0.3, -0.25) is 0 Å². The smallest absolute Gasteiger partial charge is 0.389 e. The van der Waals surface area contributed by atoms with Crippen LogP contribution >= 0.6 is 0 Å². The van der Waals surface area contributed by atoms with Crippen LogP contribution in [0.3, 0.4) is 0 Å². The molecule has 0 heterocycles. The number of rotatable bonds is 6. The lowest BCUT2D eigenvalue weighted by Crippen LogP contribution is -2.38. The summed E-state index contributed by atoms with van der Waals surface area (Å²) in [5.41, 5.74) is -0.848. The average molecular weight is 229 g/mol. The van der Waals surface area contributed by atoms with Crippen LogP contribution in [-0.4, -0.2) is 55.1 Å². The molecule has 0 unspecified atom stereocenters. The molecule has 0 radical (unpaired) electrons. The monoisotopic (exact) mass is 229 g/mol. The third-order valence-corrected chi connectivity index (χ3v) is 1.54. The van der Waals surface area contributed by atoms with Gasteiger partial charge in [0.25, 0.3) is 0 Å². The lowest BCUT2D eigenvalue weighted by molar-refractivity contribution is -0.174. The fourth-order valence-electron chi connectivity index (χ4n) is 1.15. The summed E-state index contributed by atoms with van der Waals surface area (Å²) >= 11 is 0. The van der Waals surface area contributed by atoms with E-state index in [1.54, 1.807) is 25.8 Å². The maximum Gasteiger partial charge on any atom is 0.411 e. The molecule has 3 nitrogen and oxygen atoms in total. The third kappa shape index (κ3) is 11.6. The van der Waals surface area contributed by atoms with Gasteiger partial charge in [-0.15, -0.1) is 0 Å². The van der Waals surface area contributed by atoms with Crippen molar-refractivity contribution in [2.75, 3.05) is 33.4 Å². The van der Waals surface area contributed by atoms with Crippen molar-refractivity contribution in [2.45, 2.75) is 25.6 Å². The molecule has 0 fully saturated rings. The van der Waals surface area contributed by atoms with Gasteiger partial charge in [0.15, 0.2) is 0 Å². The van der Waals surface area contributed by atoms with Gasteiger partial charge in [0.1, 0.15) is 6.61 Å². The fraction of sp³-hybridized carbons (Fsp3) is 1.00. The molecule has 6 heteroatoms. The van der Waals surface area contributed by atoms with E-state index in [1.165, 1.54) is 0 Å². The highest BCUT2D eigenvalue weighted by Gasteiger charge is 2.27. The Morgan fingerprint density at radius 3 is 2.20 bits per heavy atom. The Bertz CT molecular complexity index is 177. The first-order valence-corrected chi connectivity index (χ1v) is 4.65. The molecule has 0 rings (SSSR count). The zero-order valence-electron chi connectivity index (χ0n) is 9.26. The van der Waals surface area contributed by atoms with Crippen molar-refractivity contribution in [1.82, 2.24) is 4.90 Å². The zero-order valence-corrected chi connectivity index (χ0v) is 9.26. The Labute approximate surface area is 87.8 Å². The number of halogens is 3. The van der Waals surface area contributed by atoms with Gasteiger partial charge in [-0.05, 0) is 20.9 Å². The number of alkyl halides is 3. The van der Waals surface area contributed by atoms with Crippen LogP contribution in [0.15, 0.2) is 0 Å². The maximum absolute atomic E-state index is 11.7. The van der Waals surface area contributed by atoms with Crippen LogP contribution in [-0.2, 0) is 4.74 Å². The molecule has 92 valence electrons. The van der Waals surface area contributed by atoms with Crippen LogP contribution in [0, 0.1) is 0 Å². The van der Waals surface area contributed by atoms with Crippen molar-refractivity contribution < 1.29 is 23.0 Å². The normalized spacial score (nSPS) is 13.6. The van der Waals surface area contributed by atoms with E-state index in [1.807, 2.05) is 0 Å².